The summed E-state index contributed by atoms with van der Waals surface area (Å²) in [7, 11) is 1.26. The van der Waals surface area contributed by atoms with Crippen LogP contribution < -0.4 is 4.74 Å². The molecule has 1 aromatic rings. The number of ether oxygens (including phenoxy) is 2. The maximum absolute atomic E-state index is 11.4. The number of non-ortho nitro benzene ring substituents is 1. The number of nitro benzene ring substituents is 1. The van der Waals surface area contributed by atoms with E-state index < -0.39 is 16.8 Å². The topological polar surface area (TPSA) is 95.7 Å². The summed E-state index contributed by atoms with van der Waals surface area (Å²) in [5.74, 6) is -0.891. The average Bonchev–Trinajstić information content (AvgIpc) is 2.50. The van der Waals surface area contributed by atoms with E-state index in [0.717, 1.165) is 0 Å². The molecule has 0 aliphatic carbocycles. The zero-order chi connectivity index (χ0) is 16.5. The van der Waals surface area contributed by atoms with Gasteiger partial charge >= 0.3 is 5.97 Å². The third kappa shape index (κ3) is 5.51. The first kappa shape index (κ1) is 17.6. The lowest BCUT2D eigenvalue weighted by Crippen LogP contribution is -2.23. The van der Waals surface area contributed by atoms with Crippen molar-refractivity contribution in [3.05, 3.63) is 34.4 Å². The SMILES string of the molecule is COC(=O)C(CCCCOc1ccc([N+](=O)[O-])cc1)C(C)=O. The summed E-state index contributed by atoms with van der Waals surface area (Å²) >= 11 is 0. The molecule has 0 aliphatic heterocycles. The van der Waals surface area contributed by atoms with Gasteiger partial charge in [-0.2, -0.15) is 0 Å². The van der Waals surface area contributed by atoms with Gasteiger partial charge in [-0.1, -0.05) is 0 Å². The molecule has 0 amide bonds. The number of carbonyl (C=O) groups excluding carboxylic acids is 2. The maximum atomic E-state index is 11.4. The second kappa shape index (κ2) is 8.76. The standard InChI is InChI=1S/C15H19NO6/c1-11(17)14(15(18)21-2)5-3-4-10-22-13-8-6-12(7-9-13)16(19)20/h6-9,14H,3-5,10H2,1-2H3. The van der Waals surface area contributed by atoms with Crippen LogP contribution in [0.15, 0.2) is 24.3 Å². The van der Waals surface area contributed by atoms with Crippen molar-refractivity contribution in [2.45, 2.75) is 26.2 Å². The molecule has 0 radical (unpaired) electrons. The summed E-state index contributed by atoms with van der Waals surface area (Å²) in [4.78, 5) is 32.8. The lowest BCUT2D eigenvalue weighted by Gasteiger charge is -2.11. The molecule has 0 N–H and O–H groups in total. The van der Waals surface area contributed by atoms with Crippen LogP contribution in [0.5, 0.6) is 5.75 Å². The van der Waals surface area contributed by atoms with E-state index >= 15 is 0 Å². The van der Waals surface area contributed by atoms with Gasteiger partial charge in [-0.15, -0.1) is 0 Å². The van der Waals surface area contributed by atoms with E-state index in [4.69, 9.17) is 4.74 Å². The average molecular weight is 309 g/mol. The van der Waals surface area contributed by atoms with Gasteiger partial charge < -0.3 is 9.47 Å². The molecule has 1 atom stereocenters. The number of hydrogen-bond donors (Lipinski definition) is 0. The lowest BCUT2D eigenvalue weighted by atomic mass is 9.98. The number of nitro groups is 1. The highest BCUT2D eigenvalue weighted by molar-refractivity contribution is 5.97. The number of esters is 1. The first-order valence-electron chi connectivity index (χ1n) is 6.91. The van der Waals surface area contributed by atoms with Gasteiger partial charge in [0.15, 0.2) is 0 Å². The van der Waals surface area contributed by atoms with E-state index in [1.165, 1.54) is 38.3 Å². The molecule has 0 aliphatic rings. The number of carbonyl (C=O) groups is 2. The Balaban J connectivity index is 2.31. The van der Waals surface area contributed by atoms with E-state index in [2.05, 4.69) is 4.74 Å². The first-order valence-corrected chi connectivity index (χ1v) is 6.91. The number of hydrogen-bond acceptors (Lipinski definition) is 6. The van der Waals surface area contributed by atoms with Crippen LogP contribution in [0, 0.1) is 16.0 Å². The Morgan fingerprint density at radius 3 is 2.36 bits per heavy atom. The molecule has 0 fully saturated rings. The van der Waals surface area contributed by atoms with Crippen LogP contribution in [-0.2, 0) is 14.3 Å². The van der Waals surface area contributed by atoms with E-state index in [9.17, 15) is 19.7 Å². The van der Waals surface area contributed by atoms with Crippen molar-refractivity contribution in [2.75, 3.05) is 13.7 Å². The third-order valence-corrected chi connectivity index (χ3v) is 3.18. The largest absolute Gasteiger partial charge is 0.494 e. The second-order valence-electron chi connectivity index (χ2n) is 4.78. The van der Waals surface area contributed by atoms with Crippen LogP contribution in [0.1, 0.15) is 26.2 Å². The number of unbranched alkanes of at least 4 members (excludes halogenated alkanes) is 1. The zero-order valence-corrected chi connectivity index (χ0v) is 12.6. The van der Waals surface area contributed by atoms with Crippen molar-refractivity contribution in [3.8, 4) is 5.75 Å². The van der Waals surface area contributed by atoms with Crippen LogP contribution in [-0.4, -0.2) is 30.4 Å². The molecular formula is C15H19NO6. The molecule has 7 heteroatoms. The Kier molecular flexibility index (Phi) is 7.01. The van der Waals surface area contributed by atoms with E-state index in [-0.39, 0.29) is 11.5 Å². The lowest BCUT2D eigenvalue weighted by molar-refractivity contribution is -0.384. The van der Waals surface area contributed by atoms with Crippen LogP contribution in [0.3, 0.4) is 0 Å². The number of ketones is 1. The molecule has 0 bridgehead atoms. The molecule has 7 nitrogen and oxygen atoms in total. The summed E-state index contributed by atoms with van der Waals surface area (Å²) < 4.78 is 10.0. The summed E-state index contributed by atoms with van der Waals surface area (Å²) in [6.45, 7) is 1.78. The first-order chi connectivity index (χ1) is 10.5. The number of Topliss-reactive ketones (excluding diaryl/α,β-unsaturated/α-hetero) is 1. The number of nitrogens with zero attached hydrogens (tertiary/aromatic N) is 1. The van der Waals surface area contributed by atoms with Gasteiger partial charge in [-0.25, -0.2) is 0 Å². The quantitative estimate of drug-likeness (QED) is 0.229. The van der Waals surface area contributed by atoms with E-state index in [1.807, 2.05) is 0 Å². The Morgan fingerprint density at radius 1 is 1.23 bits per heavy atom. The fourth-order valence-electron chi connectivity index (χ4n) is 1.93. The Morgan fingerprint density at radius 2 is 1.86 bits per heavy atom. The zero-order valence-electron chi connectivity index (χ0n) is 12.6. The molecule has 1 aromatic carbocycles. The van der Waals surface area contributed by atoms with Gasteiger partial charge in [-0.05, 0) is 38.3 Å². The smallest absolute Gasteiger partial charge is 0.316 e. The molecule has 0 heterocycles. The molecule has 0 saturated heterocycles. The van der Waals surface area contributed by atoms with Gasteiger partial charge in [0.1, 0.15) is 17.5 Å². The minimum atomic E-state index is -0.718. The van der Waals surface area contributed by atoms with Crippen molar-refractivity contribution in [2.24, 2.45) is 5.92 Å². The minimum Gasteiger partial charge on any atom is -0.494 e. The van der Waals surface area contributed by atoms with Gasteiger partial charge in [0.05, 0.1) is 18.6 Å². The van der Waals surface area contributed by atoms with Gasteiger partial charge in [0, 0.05) is 12.1 Å². The highest BCUT2D eigenvalue weighted by atomic mass is 16.6. The molecule has 120 valence electrons. The Labute approximate surface area is 128 Å². The summed E-state index contributed by atoms with van der Waals surface area (Å²) in [5, 5.41) is 10.5. The molecule has 22 heavy (non-hydrogen) atoms. The Hall–Kier alpha value is -2.44. The second-order valence-corrected chi connectivity index (χ2v) is 4.78. The van der Waals surface area contributed by atoms with Gasteiger partial charge in [0.2, 0.25) is 0 Å². The third-order valence-electron chi connectivity index (χ3n) is 3.18. The molecule has 0 saturated carbocycles. The molecule has 1 unspecified atom stereocenters. The Bertz CT molecular complexity index is 525. The van der Waals surface area contributed by atoms with Crippen molar-refractivity contribution >= 4 is 17.4 Å². The molecule has 0 spiro atoms. The summed E-state index contributed by atoms with van der Waals surface area (Å²) in [6.07, 6.45) is 1.73. The summed E-state index contributed by atoms with van der Waals surface area (Å²) in [6, 6.07) is 5.81. The van der Waals surface area contributed by atoms with Crippen molar-refractivity contribution < 1.29 is 24.0 Å². The minimum absolute atomic E-state index is 0.00901. The fraction of sp³-hybridized carbons (Fsp3) is 0.467. The number of methoxy groups -OCH3 is 1. The molecule has 1 rings (SSSR count). The van der Waals surface area contributed by atoms with Gasteiger partial charge in [0.25, 0.3) is 5.69 Å². The van der Waals surface area contributed by atoms with Crippen LogP contribution in [0.2, 0.25) is 0 Å². The number of rotatable bonds is 9. The van der Waals surface area contributed by atoms with Crippen LogP contribution in [0.4, 0.5) is 5.69 Å². The van der Waals surface area contributed by atoms with Gasteiger partial charge in [-0.3, -0.25) is 19.7 Å². The molecule has 0 aromatic heterocycles. The predicted molar refractivity (Wildman–Crippen MR) is 78.6 cm³/mol. The fourth-order valence-corrected chi connectivity index (χ4v) is 1.93. The predicted octanol–water partition coefficient (Wildman–Crippen LogP) is 2.52. The van der Waals surface area contributed by atoms with Crippen LogP contribution >= 0.6 is 0 Å². The normalized spacial score (nSPS) is 11.5. The van der Waals surface area contributed by atoms with Crippen molar-refractivity contribution in [1.82, 2.24) is 0 Å². The monoisotopic (exact) mass is 309 g/mol. The van der Waals surface area contributed by atoms with Crippen molar-refractivity contribution in [1.29, 1.82) is 0 Å². The van der Waals surface area contributed by atoms with E-state index in [0.29, 0.717) is 31.6 Å². The highest BCUT2D eigenvalue weighted by Gasteiger charge is 2.23. The maximum Gasteiger partial charge on any atom is 0.316 e. The molecular weight excluding hydrogens is 290 g/mol. The van der Waals surface area contributed by atoms with E-state index in [1.54, 1.807) is 0 Å². The van der Waals surface area contributed by atoms with Crippen LogP contribution in [0.25, 0.3) is 0 Å². The highest BCUT2D eigenvalue weighted by Crippen LogP contribution is 2.18. The van der Waals surface area contributed by atoms with Crippen molar-refractivity contribution in [3.63, 3.8) is 0 Å². The summed E-state index contributed by atoms with van der Waals surface area (Å²) in [5.41, 5.74) is 0.00901. The number of benzene rings is 1.